The molecule has 2 rings (SSSR count). The van der Waals surface area contributed by atoms with E-state index in [0.29, 0.717) is 16.7 Å². The lowest BCUT2D eigenvalue weighted by molar-refractivity contribution is 0.374. The Morgan fingerprint density at radius 2 is 2.11 bits per heavy atom. The first kappa shape index (κ1) is 16.9. The fourth-order valence-corrected chi connectivity index (χ4v) is 4.83. The van der Waals surface area contributed by atoms with Crippen molar-refractivity contribution in [2.45, 2.75) is 42.9 Å². The molecule has 1 aromatic rings. The number of halogens is 1. The molecule has 1 aliphatic carbocycles. The molecule has 0 aliphatic heterocycles. The van der Waals surface area contributed by atoms with Gasteiger partial charge in [-0.1, -0.05) is 6.92 Å². The minimum atomic E-state index is -3.44. The Bertz CT molecular complexity index is 526. The van der Waals surface area contributed by atoms with Crippen LogP contribution in [-0.4, -0.2) is 20.5 Å². The number of aryl methyl sites for hydroxylation is 1. The van der Waals surface area contributed by atoms with Gasteiger partial charge in [0.15, 0.2) is 0 Å². The van der Waals surface area contributed by atoms with Gasteiger partial charge in [-0.15, -0.1) is 23.7 Å². The van der Waals surface area contributed by atoms with Gasteiger partial charge in [-0.05, 0) is 44.2 Å². The molecule has 19 heavy (non-hydrogen) atoms. The summed E-state index contributed by atoms with van der Waals surface area (Å²) in [6, 6.07) is 3.55. The van der Waals surface area contributed by atoms with Gasteiger partial charge in [0.1, 0.15) is 4.21 Å². The molecule has 1 unspecified atom stereocenters. The van der Waals surface area contributed by atoms with Crippen LogP contribution in [0.25, 0.3) is 0 Å². The molecule has 0 aromatic carbocycles. The normalized spacial score (nSPS) is 18.7. The second-order valence-electron chi connectivity index (χ2n) is 5.08. The highest BCUT2D eigenvalue weighted by molar-refractivity contribution is 7.91. The third-order valence-corrected chi connectivity index (χ3v) is 6.85. The van der Waals surface area contributed by atoms with Gasteiger partial charge in [-0.2, -0.15) is 0 Å². The predicted molar refractivity (Wildman–Crippen MR) is 81.4 cm³/mol. The Labute approximate surface area is 125 Å². The average molecular weight is 325 g/mol. The van der Waals surface area contributed by atoms with Gasteiger partial charge in [0.2, 0.25) is 0 Å². The zero-order chi connectivity index (χ0) is 13.4. The Morgan fingerprint density at radius 1 is 1.47 bits per heavy atom. The van der Waals surface area contributed by atoms with Crippen LogP contribution in [0.1, 0.15) is 31.6 Å². The predicted octanol–water partition coefficient (Wildman–Crippen LogP) is 2.14. The largest absolute Gasteiger partial charge is 0.329 e. The number of thiophene rings is 1. The Hall–Kier alpha value is -0.140. The molecule has 7 heteroatoms. The number of hydrogen-bond acceptors (Lipinski definition) is 4. The van der Waals surface area contributed by atoms with Crippen molar-refractivity contribution >= 4 is 33.8 Å². The summed E-state index contributed by atoms with van der Waals surface area (Å²) in [5, 5.41) is 0. The van der Waals surface area contributed by atoms with Crippen molar-refractivity contribution in [3.8, 4) is 0 Å². The molecular formula is C12H21ClN2O2S2. The van der Waals surface area contributed by atoms with E-state index in [4.69, 9.17) is 5.73 Å². The smallest absolute Gasteiger partial charge is 0.250 e. The summed E-state index contributed by atoms with van der Waals surface area (Å²) in [6.45, 7) is 4.25. The molecule has 1 aromatic heterocycles. The second-order valence-corrected chi connectivity index (χ2v) is 8.15. The first-order valence-corrected chi connectivity index (χ1v) is 8.54. The van der Waals surface area contributed by atoms with E-state index < -0.39 is 15.6 Å². The Kier molecular flexibility index (Phi) is 5.43. The van der Waals surface area contributed by atoms with Crippen LogP contribution in [0.5, 0.6) is 0 Å². The SMILES string of the molecule is CCc1ccc(S(=O)(=O)NC(C)(CN)C2CC2)s1.Cl. The summed E-state index contributed by atoms with van der Waals surface area (Å²) in [5.74, 6) is 0.378. The van der Waals surface area contributed by atoms with Crippen LogP contribution in [0.4, 0.5) is 0 Å². The van der Waals surface area contributed by atoms with Crippen molar-refractivity contribution in [3.05, 3.63) is 17.0 Å². The van der Waals surface area contributed by atoms with Gasteiger partial charge >= 0.3 is 0 Å². The molecule has 1 fully saturated rings. The van der Waals surface area contributed by atoms with Crippen molar-refractivity contribution < 1.29 is 8.42 Å². The third-order valence-electron chi connectivity index (χ3n) is 3.52. The van der Waals surface area contributed by atoms with Crippen LogP contribution in [0.2, 0.25) is 0 Å². The lowest BCUT2D eigenvalue weighted by atomic mass is 9.98. The first-order valence-electron chi connectivity index (χ1n) is 6.24. The Morgan fingerprint density at radius 3 is 2.53 bits per heavy atom. The van der Waals surface area contributed by atoms with E-state index in [-0.39, 0.29) is 12.4 Å². The molecule has 110 valence electrons. The van der Waals surface area contributed by atoms with E-state index >= 15 is 0 Å². The maximum Gasteiger partial charge on any atom is 0.250 e. The van der Waals surface area contributed by atoms with E-state index in [1.807, 2.05) is 19.9 Å². The summed E-state index contributed by atoms with van der Waals surface area (Å²) in [7, 11) is -3.44. The van der Waals surface area contributed by atoms with Crippen LogP contribution in [-0.2, 0) is 16.4 Å². The maximum atomic E-state index is 12.3. The summed E-state index contributed by atoms with van der Waals surface area (Å²) in [4.78, 5) is 1.08. The monoisotopic (exact) mass is 324 g/mol. The van der Waals surface area contributed by atoms with E-state index in [1.54, 1.807) is 6.07 Å². The molecule has 1 saturated carbocycles. The molecule has 3 N–H and O–H groups in total. The number of sulfonamides is 1. The minimum Gasteiger partial charge on any atom is -0.329 e. The molecule has 1 atom stereocenters. The van der Waals surface area contributed by atoms with Crippen LogP contribution < -0.4 is 10.5 Å². The first-order chi connectivity index (χ1) is 8.41. The van der Waals surface area contributed by atoms with Crippen LogP contribution >= 0.6 is 23.7 Å². The molecule has 0 bridgehead atoms. The molecular weight excluding hydrogens is 304 g/mol. The molecule has 0 radical (unpaired) electrons. The van der Waals surface area contributed by atoms with Crippen LogP contribution in [0.15, 0.2) is 16.3 Å². The highest BCUT2D eigenvalue weighted by atomic mass is 35.5. The van der Waals surface area contributed by atoms with Gasteiger partial charge in [-0.3, -0.25) is 0 Å². The Balaban J connectivity index is 0.00000180. The fourth-order valence-electron chi connectivity index (χ4n) is 2.06. The molecule has 0 saturated heterocycles. The number of nitrogens with one attached hydrogen (secondary N) is 1. The minimum absolute atomic E-state index is 0. The molecule has 1 heterocycles. The quantitative estimate of drug-likeness (QED) is 0.842. The molecule has 1 aliphatic rings. The average Bonchev–Trinajstić information content (AvgIpc) is 3.06. The van der Waals surface area contributed by atoms with E-state index in [0.717, 1.165) is 24.1 Å². The van der Waals surface area contributed by atoms with Crippen molar-refractivity contribution in [1.29, 1.82) is 0 Å². The van der Waals surface area contributed by atoms with Gasteiger partial charge in [0, 0.05) is 17.0 Å². The maximum absolute atomic E-state index is 12.3. The molecule has 0 spiro atoms. The van der Waals surface area contributed by atoms with Crippen molar-refractivity contribution in [2.75, 3.05) is 6.54 Å². The fraction of sp³-hybridized carbons (Fsp3) is 0.667. The summed E-state index contributed by atoms with van der Waals surface area (Å²) < 4.78 is 27.8. The van der Waals surface area contributed by atoms with Gasteiger partial charge < -0.3 is 5.73 Å². The van der Waals surface area contributed by atoms with Gasteiger partial charge in [0.05, 0.1) is 0 Å². The molecule has 4 nitrogen and oxygen atoms in total. The van der Waals surface area contributed by atoms with E-state index in [9.17, 15) is 8.42 Å². The number of nitrogens with two attached hydrogens (primary N) is 1. The highest BCUT2D eigenvalue weighted by Gasteiger charge is 2.43. The zero-order valence-electron chi connectivity index (χ0n) is 11.2. The zero-order valence-corrected chi connectivity index (χ0v) is 13.6. The van der Waals surface area contributed by atoms with Crippen LogP contribution in [0.3, 0.4) is 0 Å². The summed E-state index contributed by atoms with van der Waals surface area (Å²) >= 11 is 1.33. The van der Waals surface area contributed by atoms with Gasteiger partial charge in [-0.25, -0.2) is 13.1 Å². The van der Waals surface area contributed by atoms with Gasteiger partial charge in [0.25, 0.3) is 10.0 Å². The third kappa shape index (κ3) is 3.70. The summed E-state index contributed by atoms with van der Waals surface area (Å²) in [6.07, 6.45) is 2.97. The van der Waals surface area contributed by atoms with Crippen molar-refractivity contribution in [2.24, 2.45) is 11.7 Å². The molecule has 0 amide bonds. The lowest BCUT2D eigenvalue weighted by Gasteiger charge is -2.28. The number of rotatable bonds is 6. The highest BCUT2D eigenvalue weighted by Crippen LogP contribution is 2.40. The van der Waals surface area contributed by atoms with Crippen molar-refractivity contribution in [1.82, 2.24) is 4.72 Å². The van der Waals surface area contributed by atoms with E-state index in [2.05, 4.69) is 4.72 Å². The number of hydrogen-bond donors (Lipinski definition) is 2. The topological polar surface area (TPSA) is 72.2 Å². The second kappa shape index (κ2) is 6.10. The summed E-state index contributed by atoms with van der Waals surface area (Å²) in [5.41, 5.74) is 5.24. The van der Waals surface area contributed by atoms with Crippen molar-refractivity contribution in [3.63, 3.8) is 0 Å². The van der Waals surface area contributed by atoms with E-state index in [1.165, 1.54) is 11.3 Å². The van der Waals surface area contributed by atoms with Crippen LogP contribution in [0, 0.1) is 5.92 Å². The standard InChI is InChI=1S/C12H20N2O2S2.ClH/c1-3-10-6-7-11(17-10)18(15,16)14-12(2,8-13)9-4-5-9;/h6-7,9,14H,3-5,8,13H2,1-2H3;1H. The lowest BCUT2D eigenvalue weighted by Crippen LogP contribution is -2.52.